The molecule has 1 atom stereocenters. The highest BCUT2D eigenvalue weighted by Crippen LogP contribution is 2.35. The number of nitrogens with one attached hydrogen (secondary N) is 2. The summed E-state index contributed by atoms with van der Waals surface area (Å²) in [5.74, 6) is 0.368. The number of aryl methyl sites for hydroxylation is 1. The summed E-state index contributed by atoms with van der Waals surface area (Å²) in [4.78, 5) is 22.7. The summed E-state index contributed by atoms with van der Waals surface area (Å²) in [6.45, 7) is 4.87. The summed E-state index contributed by atoms with van der Waals surface area (Å²) in [5.41, 5.74) is 4.20. The molecular weight excluding hydrogens is 385 g/mol. The zero-order valence-corrected chi connectivity index (χ0v) is 17.2. The van der Waals surface area contributed by atoms with Crippen LogP contribution < -0.4 is 15.5 Å². The number of hydrogen-bond donors (Lipinski definition) is 2. The van der Waals surface area contributed by atoms with Crippen molar-refractivity contribution >= 4 is 23.1 Å². The van der Waals surface area contributed by atoms with Crippen LogP contribution in [0.25, 0.3) is 0 Å². The lowest BCUT2D eigenvalue weighted by Crippen LogP contribution is -2.45. The van der Waals surface area contributed by atoms with Gasteiger partial charge in [0.25, 0.3) is 0 Å². The minimum Gasteiger partial charge on any atom is -0.366 e. The first-order chi connectivity index (χ1) is 14.4. The van der Waals surface area contributed by atoms with Crippen LogP contribution in [0.15, 0.2) is 36.9 Å². The van der Waals surface area contributed by atoms with Crippen molar-refractivity contribution in [2.75, 3.05) is 22.6 Å². The van der Waals surface area contributed by atoms with Gasteiger partial charge in [0, 0.05) is 37.6 Å². The molecule has 3 aromatic heterocycles. The smallest absolute Gasteiger partial charge is 0.247 e. The van der Waals surface area contributed by atoms with Gasteiger partial charge in [-0.1, -0.05) is 6.92 Å². The maximum absolute atomic E-state index is 13.3. The number of rotatable bonds is 6. The third-order valence-corrected chi connectivity index (χ3v) is 5.23. The van der Waals surface area contributed by atoms with Gasteiger partial charge in [0.2, 0.25) is 5.91 Å². The Morgan fingerprint density at radius 1 is 1.23 bits per heavy atom. The van der Waals surface area contributed by atoms with Gasteiger partial charge in [0.15, 0.2) is 0 Å². The molecule has 4 heterocycles. The van der Waals surface area contributed by atoms with Gasteiger partial charge in [-0.05, 0) is 25.0 Å². The molecule has 0 radical (unpaired) electrons. The number of pyridine rings is 2. The molecule has 0 spiro atoms. The number of carbonyl (C=O) groups excluding carboxylic acids is 1. The minimum absolute atomic E-state index is 0.000907. The van der Waals surface area contributed by atoms with Crippen LogP contribution in [0.1, 0.15) is 30.2 Å². The largest absolute Gasteiger partial charge is 0.366 e. The molecule has 9 heteroatoms. The molecule has 0 saturated heterocycles. The van der Waals surface area contributed by atoms with Gasteiger partial charge in [-0.15, -0.1) is 0 Å². The third kappa shape index (κ3) is 3.96. The van der Waals surface area contributed by atoms with Crippen molar-refractivity contribution in [1.29, 1.82) is 0 Å². The Morgan fingerprint density at radius 2 is 2.07 bits per heavy atom. The number of carbonyl (C=O) groups is 1. The van der Waals surface area contributed by atoms with E-state index in [4.69, 9.17) is 0 Å². The fourth-order valence-electron chi connectivity index (χ4n) is 3.69. The molecule has 8 nitrogen and oxygen atoms in total. The Bertz CT molecular complexity index is 1080. The van der Waals surface area contributed by atoms with Crippen LogP contribution in [0.3, 0.4) is 0 Å². The van der Waals surface area contributed by atoms with E-state index in [1.54, 1.807) is 17.1 Å². The average molecular weight is 409 g/mol. The standard InChI is InChI=1S/C21H24FN7O/c1-4-17-21(30)27-20-13(2)26-19(6-18(20)28(17)3)24-8-15-9-25-29(12-15)11-14-5-16(22)10-23-7-14/h5-7,9-10,12,17H,4,8,11H2,1-3H3,(H,24,26)(H,27,30)/t17-/m0/s1. The van der Waals surface area contributed by atoms with Crippen molar-refractivity contribution in [3.05, 3.63) is 59.6 Å². The number of anilines is 3. The molecule has 0 aromatic carbocycles. The number of halogens is 1. The highest BCUT2D eigenvalue weighted by Gasteiger charge is 2.30. The SMILES string of the molecule is CC[C@H]1C(=O)Nc2c(cc(NCc3cnn(Cc4cncc(F)c4)c3)nc2C)N1C. The number of likely N-dealkylation sites (N-methyl/N-ethyl adjacent to an activating group) is 1. The quantitative estimate of drug-likeness (QED) is 0.651. The summed E-state index contributed by atoms with van der Waals surface area (Å²) in [6.07, 6.45) is 7.21. The van der Waals surface area contributed by atoms with E-state index in [0.717, 1.165) is 40.4 Å². The lowest BCUT2D eigenvalue weighted by molar-refractivity contribution is -0.117. The van der Waals surface area contributed by atoms with Crippen molar-refractivity contribution < 1.29 is 9.18 Å². The predicted molar refractivity (Wildman–Crippen MR) is 113 cm³/mol. The van der Waals surface area contributed by atoms with Gasteiger partial charge in [-0.25, -0.2) is 9.37 Å². The zero-order chi connectivity index (χ0) is 21.3. The second-order valence-corrected chi connectivity index (χ2v) is 7.42. The third-order valence-electron chi connectivity index (χ3n) is 5.23. The number of hydrogen-bond acceptors (Lipinski definition) is 6. The molecule has 2 N–H and O–H groups in total. The van der Waals surface area contributed by atoms with Gasteiger partial charge in [0.1, 0.15) is 17.7 Å². The van der Waals surface area contributed by atoms with Crippen molar-refractivity contribution in [2.45, 2.75) is 39.4 Å². The molecule has 0 bridgehead atoms. The van der Waals surface area contributed by atoms with Crippen molar-refractivity contribution in [1.82, 2.24) is 19.7 Å². The summed E-state index contributed by atoms with van der Waals surface area (Å²) in [6, 6.07) is 3.21. The second-order valence-electron chi connectivity index (χ2n) is 7.42. The number of aromatic nitrogens is 4. The van der Waals surface area contributed by atoms with Gasteiger partial charge in [-0.2, -0.15) is 5.10 Å². The maximum atomic E-state index is 13.3. The molecule has 0 saturated carbocycles. The monoisotopic (exact) mass is 409 g/mol. The van der Waals surface area contributed by atoms with Crippen molar-refractivity contribution in [2.24, 2.45) is 0 Å². The van der Waals surface area contributed by atoms with E-state index in [2.05, 4.69) is 25.7 Å². The summed E-state index contributed by atoms with van der Waals surface area (Å²) in [7, 11) is 1.93. The van der Waals surface area contributed by atoms with E-state index in [1.807, 2.05) is 38.1 Å². The van der Waals surface area contributed by atoms with E-state index in [9.17, 15) is 9.18 Å². The first-order valence-electron chi connectivity index (χ1n) is 9.84. The lowest BCUT2D eigenvalue weighted by Gasteiger charge is -2.35. The molecule has 156 valence electrons. The Kier molecular flexibility index (Phi) is 5.35. The van der Waals surface area contributed by atoms with Crippen LogP contribution in [0, 0.1) is 12.7 Å². The maximum Gasteiger partial charge on any atom is 0.247 e. The van der Waals surface area contributed by atoms with Crippen molar-refractivity contribution in [3.63, 3.8) is 0 Å². The van der Waals surface area contributed by atoms with E-state index < -0.39 is 0 Å². The van der Waals surface area contributed by atoms with Crippen LogP contribution >= 0.6 is 0 Å². The van der Waals surface area contributed by atoms with Gasteiger partial charge in [-0.3, -0.25) is 14.5 Å². The molecule has 0 fully saturated rings. The van der Waals surface area contributed by atoms with Crippen LogP contribution in [0.4, 0.5) is 21.6 Å². The van der Waals surface area contributed by atoms with Crippen LogP contribution in [-0.2, 0) is 17.9 Å². The molecule has 1 aliphatic rings. The second kappa shape index (κ2) is 8.10. The van der Waals surface area contributed by atoms with Gasteiger partial charge >= 0.3 is 0 Å². The Hall–Kier alpha value is -3.49. The molecule has 3 aromatic rings. The first-order valence-corrected chi connectivity index (χ1v) is 9.84. The van der Waals surface area contributed by atoms with Crippen LogP contribution in [-0.4, -0.2) is 38.7 Å². The lowest BCUT2D eigenvalue weighted by atomic mass is 10.1. The highest BCUT2D eigenvalue weighted by molar-refractivity contribution is 6.04. The zero-order valence-electron chi connectivity index (χ0n) is 17.2. The molecule has 30 heavy (non-hydrogen) atoms. The molecule has 1 amide bonds. The van der Waals surface area contributed by atoms with Gasteiger partial charge < -0.3 is 15.5 Å². The number of amides is 1. The molecule has 0 unspecified atom stereocenters. The van der Waals surface area contributed by atoms with E-state index in [1.165, 1.54) is 12.3 Å². The minimum atomic E-state index is -0.359. The highest BCUT2D eigenvalue weighted by atomic mass is 19.1. The van der Waals surface area contributed by atoms with Crippen LogP contribution in [0.5, 0.6) is 0 Å². The Labute approximate surface area is 174 Å². The fraction of sp³-hybridized carbons (Fsp3) is 0.333. The van der Waals surface area contributed by atoms with E-state index in [-0.39, 0.29) is 17.8 Å². The summed E-state index contributed by atoms with van der Waals surface area (Å²) < 4.78 is 15.0. The van der Waals surface area contributed by atoms with Crippen molar-refractivity contribution in [3.8, 4) is 0 Å². The predicted octanol–water partition coefficient (Wildman–Crippen LogP) is 2.95. The average Bonchev–Trinajstić information content (AvgIpc) is 3.15. The van der Waals surface area contributed by atoms with E-state index in [0.29, 0.717) is 13.1 Å². The van der Waals surface area contributed by atoms with Gasteiger partial charge in [0.05, 0.1) is 36.0 Å². The Morgan fingerprint density at radius 3 is 2.83 bits per heavy atom. The summed E-state index contributed by atoms with van der Waals surface area (Å²) >= 11 is 0. The Balaban J connectivity index is 1.46. The normalized spacial score (nSPS) is 15.7. The number of fused-ring (bicyclic) bond motifs is 1. The molecule has 1 aliphatic heterocycles. The fourth-order valence-corrected chi connectivity index (χ4v) is 3.69. The summed E-state index contributed by atoms with van der Waals surface area (Å²) in [5, 5.41) is 10.6. The first kappa shape index (κ1) is 19.8. The number of nitrogens with zero attached hydrogens (tertiary/aromatic N) is 5. The molecule has 0 aliphatic carbocycles. The topological polar surface area (TPSA) is 88.0 Å². The van der Waals surface area contributed by atoms with E-state index >= 15 is 0 Å². The molecule has 4 rings (SSSR count). The van der Waals surface area contributed by atoms with Crippen LogP contribution in [0.2, 0.25) is 0 Å². The molecular formula is C21H24FN7O.